The summed E-state index contributed by atoms with van der Waals surface area (Å²) >= 11 is 0. The molecule has 0 fully saturated rings. The van der Waals surface area contributed by atoms with Crippen LogP contribution in [-0.4, -0.2) is 0 Å². The van der Waals surface area contributed by atoms with Gasteiger partial charge in [-0.25, -0.2) is 9.37 Å². The maximum Gasteiger partial charge on any atom is 0.219 e. The molecule has 1 nitrogen and oxygen atoms in total. The molecule has 5 aromatic rings. The van der Waals surface area contributed by atoms with Gasteiger partial charge in [0.25, 0.3) is 0 Å². The van der Waals surface area contributed by atoms with Gasteiger partial charge in [-0.2, -0.15) is 0 Å². The van der Waals surface area contributed by atoms with E-state index in [9.17, 15) is 4.39 Å². The molecule has 2 heteroatoms. The maximum absolute atomic E-state index is 13.8. The zero-order valence-corrected chi connectivity index (χ0v) is 14.4. The van der Waals surface area contributed by atoms with Crippen LogP contribution in [0.25, 0.3) is 43.6 Å². The number of fused-ring (bicyclic) bond motifs is 5. The molecular weight excluding hydrogens is 321 g/mol. The highest BCUT2D eigenvalue weighted by atomic mass is 19.1. The smallest absolute Gasteiger partial charge is 0.211 e. The van der Waals surface area contributed by atoms with Gasteiger partial charge in [0.15, 0.2) is 6.20 Å². The number of aromatic nitrogens is 1. The highest BCUT2D eigenvalue weighted by Gasteiger charge is 2.16. The van der Waals surface area contributed by atoms with Crippen molar-refractivity contribution in [2.24, 2.45) is 0 Å². The first-order valence-corrected chi connectivity index (χ1v) is 8.74. The number of aryl methyl sites for hydroxylation is 1. The summed E-state index contributed by atoms with van der Waals surface area (Å²) in [4.78, 5) is 3.33. The third-order valence-electron chi connectivity index (χ3n) is 5.18. The van der Waals surface area contributed by atoms with Crippen molar-refractivity contribution in [2.45, 2.75) is 6.92 Å². The van der Waals surface area contributed by atoms with Gasteiger partial charge in [0.05, 0.1) is 10.9 Å². The number of hydrogen-bond donors (Lipinski definition) is 0. The molecule has 4 aromatic carbocycles. The van der Waals surface area contributed by atoms with Crippen LogP contribution in [0.4, 0.5) is 4.39 Å². The van der Waals surface area contributed by atoms with Gasteiger partial charge in [-0.05, 0) is 52.2 Å². The first-order chi connectivity index (χ1) is 12.7. The van der Waals surface area contributed by atoms with Crippen LogP contribution in [0.3, 0.4) is 0 Å². The number of nitrogens with one attached hydrogen (secondary N) is 1. The van der Waals surface area contributed by atoms with Crippen LogP contribution in [0.1, 0.15) is 5.56 Å². The average Bonchev–Trinajstić information content (AvgIpc) is 2.69. The molecule has 0 aliphatic heterocycles. The molecule has 26 heavy (non-hydrogen) atoms. The minimum absolute atomic E-state index is 0.220. The summed E-state index contributed by atoms with van der Waals surface area (Å²) in [6.07, 6.45) is 1.94. The molecule has 0 radical (unpaired) electrons. The predicted octanol–water partition coefficient (Wildman–Crippen LogP) is 6.07. The summed E-state index contributed by atoms with van der Waals surface area (Å²) < 4.78 is 13.8. The van der Waals surface area contributed by atoms with Crippen LogP contribution in [0, 0.1) is 12.7 Å². The molecular formula is C24H17FN+. The third kappa shape index (κ3) is 2.19. The number of benzene rings is 4. The molecule has 0 spiro atoms. The Morgan fingerprint density at radius 3 is 2.35 bits per heavy atom. The van der Waals surface area contributed by atoms with E-state index in [-0.39, 0.29) is 5.82 Å². The summed E-state index contributed by atoms with van der Waals surface area (Å²) in [6.45, 7) is 2.01. The summed E-state index contributed by atoms with van der Waals surface area (Å²) in [5, 5.41) is 7.22. The van der Waals surface area contributed by atoms with Gasteiger partial charge in [0, 0.05) is 11.5 Å². The van der Waals surface area contributed by atoms with Crippen molar-refractivity contribution in [1.82, 2.24) is 0 Å². The van der Waals surface area contributed by atoms with Gasteiger partial charge < -0.3 is 0 Å². The van der Waals surface area contributed by atoms with Crippen molar-refractivity contribution in [3.05, 3.63) is 90.4 Å². The lowest BCUT2D eigenvalue weighted by Crippen LogP contribution is -2.07. The minimum Gasteiger partial charge on any atom is -0.211 e. The monoisotopic (exact) mass is 338 g/mol. The SMILES string of the molecule is Cc1ccc(F)cc1-c1[nH+]ccc2c1ccc1c3ccccc3ccc21. The number of halogens is 1. The molecule has 0 bridgehead atoms. The van der Waals surface area contributed by atoms with E-state index in [2.05, 4.69) is 59.6 Å². The highest BCUT2D eigenvalue weighted by molar-refractivity contribution is 6.18. The lowest BCUT2D eigenvalue weighted by Gasteiger charge is -2.09. The fourth-order valence-electron chi connectivity index (χ4n) is 3.88. The van der Waals surface area contributed by atoms with Crippen LogP contribution in [0.15, 0.2) is 79.0 Å². The molecule has 1 heterocycles. The molecule has 0 aliphatic carbocycles. The Morgan fingerprint density at radius 1 is 0.692 bits per heavy atom. The Labute approximate surface area is 150 Å². The first-order valence-electron chi connectivity index (χ1n) is 8.74. The van der Waals surface area contributed by atoms with E-state index in [4.69, 9.17) is 0 Å². The van der Waals surface area contributed by atoms with Gasteiger partial charge >= 0.3 is 0 Å². The van der Waals surface area contributed by atoms with Crippen molar-refractivity contribution in [3.8, 4) is 11.3 Å². The molecule has 5 rings (SSSR count). The topological polar surface area (TPSA) is 14.1 Å². The molecule has 0 aliphatic rings. The Balaban J connectivity index is 1.90. The second-order valence-corrected chi connectivity index (χ2v) is 6.72. The highest BCUT2D eigenvalue weighted by Crippen LogP contribution is 2.34. The van der Waals surface area contributed by atoms with E-state index in [0.717, 1.165) is 22.2 Å². The molecule has 1 N–H and O–H groups in total. The van der Waals surface area contributed by atoms with Crippen LogP contribution in [0.2, 0.25) is 0 Å². The van der Waals surface area contributed by atoms with E-state index in [1.165, 1.54) is 33.0 Å². The van der Waals surface area contributed by atoms with Crippen molar-refractivity contribution < 1.29 is 9.37 Å². The molecule has 0 unspecified atom stereocenters. The van der Waals surface area contributed by atoms with Crippen molar-refractivity contribution in [2.75, 3.05) is 0 Å². The average molecular weight is 338 g/mol. The summed E-state index contributed by atoms with van der Waals surface area (Å²) in [7, 11) is 0. The first kappa shape index (κ1) is 15.0. The zero-order chi connectivity index (χ0) is 17.7. The number of rotatable bonds is 1. The van der Waals surface area contributed by atoms with E-state index in [0.29, 0.717) is 0 Å². The van der Waals surface area contributed by atoms with Crippen molar-refractivity contribution in [3.63, 3.8) is 0 Å². The predicted molar refractivity (Wildman–Crippen MR) is 106 cm³/mol. The number of pyridine rings is 1. The Bertz CT molecular complexity index is 1300. The van der Waals surface area contributed by atoms with E-state index in [1.54, 1.807) is 6.07 Å². The van der Waals surface area contributed by atoms with E-state index >= 15 is 0 Å². The van der Waals surface area contributed by atoms with E-state index in [1.807, 2.05) is 19.2 Å². The third-order valence-corrected chi connectivity index (χ3v) is 5.18. The van der Waals surface area contributed by atoms with Crippen LogP contribution >= 0.6 is 0 Å². The van der Waals surface area contributed by atoms with Crippen LogP contribution in [0.5, 0.6) is 0 Å². The van der Waals surface area contributed by atoms with Gasteiger partial charge in [-0.1, -0.05) is 48.5 Å². The zero-order valence-electron chi connectivity index (χ0n) is 14.4. The normalized spacial score (nSPS) is 11.5. The van der Waals surface area contributed by atoms with Crippen molar-refractivity contribution >= 4 is 32.3 Å². The molecule has 0 atom stereocenters. The van der Waals surface area contributed by atoms with Crippen molar-refractivity contribution in [1.29, 1.82) is 0 Å². The Kier molecular flexibility index (Phi) is 3.26. The molecule has 1 aromatic heterocycles. The quantitative estimate of drug-likeness (QED) is 0.329. The largest absolute Gasteiger partial charge is 0.219 e. The maximum atomic E-state index is 13.8. The fraction of sp³-hybridized carbons (Fsp3) is 0.0417. The lowest BCUT2D eigenvalue weighted by molar-refractivity contribution is -0.362. The summed E-state index contributed by atoms with van der Waals surface area (Å²) in [6, 6.07) is 24.1. The summed E-state index contributed by atoms with van der Waals surface area (Å²) in [5.74, 6) is -0.220. The summed E-state index contributed by atoms with van der Waals surface area (Å²) in [5.41, 5.74) is 2.90. The lowest BCUT2D eigenvalue weighted by atomic mass is 9.94. The van der Waals surface area contributed by atoms with Gasteiger partial charge in [0.2, 0.25) is 5.69 Å². The number of aromatic amines is 1. The Hall–Kier alpha value is -3.26. The molecule has 0 saturated carbocycles. The van der Waals surface area contributed by atoms with Crippen LogP contribution in [-0.2, 0) is 0 Å². The fourth-order valence-corrected chi connectivity index (χ4v) is 3.88. The number of H-pyrrole nitrogens is 1. The standard InChI is InChI=1S/C24H16FN/c1-15-6-8-17(25)14-23(15)24-22-11-10-19-18-5-3-2-4-16(18)7-9-20(19)21(22)12-13-26-24/h2-14H,1H3/p+1. The van der Waals surface area contributed by atoms with E-state index < -0.39 is 0 Å². The minimum atomic E-state index is -0.220. The van der Waals surface area contributed by atoms with Gasteiger partial charge in [-0.3, -0.25) is 0 Å². The van der Waals surface area contributed by atoms with Gasteiger partial charge in [0.1, 0.15) is 5.82 Å². The Morgan fingerprint density at radius 2 is 1.42 bits per heavy atom. The molecule has 124 valence electrons. The molecule has 0 saturated heterocycles. The van der Waals surface area contributed by atoms with Crippen LogP contribution < -0.4 is 4.98 Å². The number of hydrogen-bond acceptors (Lipinski definition) is 0. The van der Waals surface area contributed by atoms with Gasteiger partial charge in [-0.15, -0.1) is 0 Å². The second-order valence-electron chi connectivity index (χ2n) is 6.72. The second kappa shape index (κ2) is 5.63. The molecule has 0 amide bonds.